The van der Waals surface area contributed by atoms with Crippen LogP contribution in [0, 0.1) is 6.92 Å². The lowest BCUT2D eigenvalue weighted by molar-refractivity contribution is -0.133. The maximum Gasteiger partial charge on any atom is 0.273 e. The summed E-state index contributed by atoms with van der Waals surface area (Å²) in [7, 11) is 1.61. The number of fused-ring (bicyclic) bond motifs is 1. The molecule has 1 atom stereocenters. The molecule has 0 spiro atoms. The Morgan fingerprint density at radius 3 is 2.46 bits per heavy atom. The van der Waals surface area contributed by atoms with Crippen molar-refractivity contribution in [1.82, 2.24) is 20.0 Å². The van der Waals surface area contributed by atoms with Gasteiger partial charge in [-0.15, -0.1) is 0 Å². The monoisotopic (exact) mass is 494 g/mol. The van der Waals surface area contributed by atoms with Crippen LogP contribution in [0.3, 0.4) is 0 Å². The molecule has 2 amide bonds. The van der Waals surface area contributed by atoms with Crippen molar-refractivity contribution in [3.05, 3.63) is 107 Å². The third-order valence-corrected chi connectivity index (χ3v) is 6.95. The summed E-state index contributed by atoms with van der Waals surface area (Å²) in [4.78, 5) is 29.4. The Balaban J connectivity index is 1.49. The van der Waals surface area contributed by atoms with Gasteiger partial charge < -0.3 is 15.0 Å². The maximum absolute atomic E-state index is 13.9. The number of carbonyl (C=O) groups is 2. The van der Waals surface area contributed by atoms with Crippen LogP contribution in [0.1, 0.15) is 34.1 Å². The number of aromatic nitrogens is 2. The van der Waals surface area contributed by atoms with E-state index in [2.05, 4.69) is 5.32 Å². The summed E-state index contributed by atoms with van der Waals surface area (Å²) in [6.45, 7) is 4.67. The summed E-state index contributed by atoms with van der Waals surface area (Å²) in [5, 5.41) is 7.76. The average Bonchev–Trinajstić information content (AvgIpc) is 3.35. The first-order valence-corrected chi connectivity index (χ1v) is 12.3. The Morgan fingerprint density at radius 2 is 1.73 bits per heavy atom. The molecule has 0 radical (unpaired) electrons. The number of aryl methyl sites for hydroxylation is 1. The predicted octanol–water partition coefficient (Wildman–Crippen LogP) is 4.60. The van der Waals surface area contributed by atoms with Crippen molar-refractivity contribution >= 4 is 11.8 Å². The molecule has 1 N–H and O–H groups in total. The van der Waals surface area contributed by atoms with Gasteiger partial charge in [0.15, 0.2) is 0 Å². The fraction of sp³-hybridized carbons (Fsp3) is 0.233. The minimum absolute atomic E-state index is 0.226. The molecule has 5 rings (SSSR count). The zero-order valence-electron chi connectivity index (χ0n) is 21.3. The molecule has 0 saturated carbocycles. The molecular weight excluding hydrogens is 464 g/mol. The molecule has 7 heteroatoms. The predicted molar refractivity (Wildman–Crippen MR) is 142 cm³/mol. The Bertz CT molecular complexity index is 1430. The molecule has 188 valence electrons. The molecule has 0 aliphatic carbocycles. The first kappa shape index (κ1) is 24.3. The van der Waals surface area contributed by atoms with E-state index in [1.165, 1.54) is 0 Å². The average molecular weight is 495 g/mol. The lowest BCUT2D eigenvalue weighted by Crippen LogP contribution is -2.63. The first-order valence-electron chi connectivity index (χ1n) is 12.3. The topological polar surface area (TPSA) is 76.5 Å². The van der Waals surface area contributed by atoms with Crippen molar-refractivity contribution in [3.63, 3.8) is 0 Å². The van der Waals surface area contributed by atoms with E-state index >= 15 is 0 Å². The molecular formula is C30H30N4O3. The number of rotatable bonds is 7. The summed E-state index contributed by atoms with van der Waals surface area (Å²) >= 11 is 0. The van der Waals surface area contributed by atoms with Gasteiger partial charge in [0.05, 0.1) is 19.3 Å². The summed E-state index contributed by atoms with van der Waals surface area (Å²) in [5.74, 6) is 0.226. The first-order chi connectivity index (χ1) is 17.9. The molecule has 2 heterocycles. The molecule has 1 aromatic heterocycles. The molecule has 37 heavy (non-hydrogen) atoms. The Kier molecular flexibility index (Phi) is 6.53. The number of hydrogen-bond donors (Lipinski definition) is 1. The lowest BCUT2D eigenvalue weighted by atomic mass is 9.93. The van der Waals surface area contributed by atoms with Crippen molar-refractivity contribution in [2.75, 3.05) is 7.11 Å². The van der Waals surface area contributed by atoms with E-state index in [1.807, 2.05) is 98.8 Å². The SMILES string of the molecule is COc1ccccc1CNC(=O)C1(C)Cn2nc(-c3ccccc3)cc2C(=O)N1Cc1ccc(C)cc1. The summed E-state index contributed by atoms with van der Waals surface area (Å²) in [6.07, 6.45) is 0. The van der Waals surface area contributed by atoms with Gasteiger partial charge in [0.1, 0.15) is 17.0 Å². The molecule has 0 fully saturated rings. The van der Waals surface area contributed by atoms with Crippen LogP contribution in [0.15, 0.2) is 84.9 Å². The van der Waals surface area contributed by atoms with E-state index in [9.17, 15) is 9.59 Å². The van der Waals surface area contributed by atoms with Crippen molar-refractivity contribution in [2.24, 2.45) is 0 Å². The van der Waals surface area contributed by atoms with Gasteiger partial charge in [-0.3, -0.25) is 14.3 Å². The highest BCUT2D eigenvalue weighted by Crippen LogP contribution is 2.32. The largest absolute Gasteiger partial charge is 0.496 e. The van der Waals surface area contributed by atoms with E-state index in [0.29, 0.717) is 23.7 Å². The fourth-order valence-corrected chi connectivity index (χ4v) is 4.73. The van der Waals surface area contributed by atoms with Crippen LogP contribution >= 0.6 is 0 Å². The lowest BCUT2D eigenvalue weighted by Gasteiger charge is -2.43. The number of nitrogens with zero attached hydrogens (tertiary/aromatic N) is 3. The molecule has 1 unspecified atom stereocenters. The number of nitrogens with one attached hydrogen (secondary N) is 1. The zero-order valence-corrected chi connectivity index (χ0v) is 21.3. The molecule has 3 aromatic carbocycles. The third kappa shape index (κ3) is 4.72. The highest BCUT2D eigenvalue weighted by atomic mass is 16.5. The number of hydrogen-bond acceptors (Lipinski definition) is 4. The number of carbonyl (C=O) groups excluding carboxylic acids is 2. The van der Waals surface area contributed by atoms with Crippen LogP contribution in [0.4, 0.5) is 0 Å². The third-order valence-electron chi connectivity index (χ3n) is 6.95. The number of methoxy groups -OCH3 is 1. The van der Waals surface area contributed by atoms with Crippen LogP contribution in [-0.2, 0) is 24.4 Å². The second-order valence-electron chi connectivity index (χ2n) is 9.58. The number of ether oxygens (including phenoxy) is 1. The Morgan fingerprint density at radius 1 is 1.03 bits per heavy atom. The van der Waals surface area contributed by atoms with E-state index in [-0.39, 0.29) is 24.9 Å². The van der Waals surface area contributed by atoms with E-state index in [1.54, 1.807) is 16.7 Å². The smallest absolute Gasteiger partial charge is 0.273 e. The van der Waals surface area contributed by atoms with Gasteiger partial charge in [-0.05, 0) is 31.5 Å². The maximum atomic E-state index is 13.9. The molecule has 4 aromatic rings. The van der Waals surface area contributed by atoms with Crippen LogP contribution in [-0.4, -0.2) is 39.1 Å². The van der Waals surface area contributed by atoms with E-state index in [0.717, 1.165) is 22.3 Å². The minimum Gasteiger partial charge on any atom is -0.496 e. The van der Waals surface area contributed by atoms with E-state index < -0.39 is 5.54 Å². The van der Waals surface area contributed by atoms with Gasteiger partial charge in [-0.2, -0.15) is 5.10 Å². The molecule has 1 aliphatic rings. The number of amides is 2. The van der Waals surface area contributed by atoms with Gasteiger partial charge in [0.25, 0.3) is 5.91 Å². The van der Waals surface area contributed by atoms with Crippen molar-refractivity contribution in [3.8, 4) is 17.0 Å². The van der Waals surface area contributed by atoms with Crippen molar-refractivity contribution in [2.45, 2.75) is 39.0 Å². The standard InChI is InChI=1S/C30H30N4O3/c1-21-13-15-22(16-14-21)19-33-28(35)26-17-25(23-9-5-4-6-10-23)32-34(26)20-30(33,2)29(36)31-18-24-11-7-8-12-27(24)37-3/h4-17H,18-20H2,1-3H3,(H,31,36). The highest BCUT2D eigenvalue weighted by molar-refractivity contribution is 6.00. The van der Waals surface area contributed by atoms with Gasteiger partial charge in [-0.1, -0.05) is 78.4 Å². The Labute approximate surface area is 216 Å². The number of para-hydroxylation sites is 1. The fourth-order valence-electron chi connectivity index (χ4n) is 4.73. The minimum atomic E-state index is -1.16. The second kappa shape index (κ2) is 9.93. The zero-order chi connectivity index (χ0) is 26.0. The van der Waals surface area contributed by atoms with E-state index in [4.69, 9.17) is 9.84 Å². The molecule has 0 bridgehead atoms. The van der Waals surface area contributed by atoms with Gasteiger partial charge in [0.2, 0.25) is 5.91 Å². The summed E-state index contributed by atoms with van der Waals surface area (Å²) < 4.78 is 7.10. The summed E-state index contributed by atoms with van der Waals surface area (Å²) in [5.41, 5.74) is 3.90. The van der Waals surface area contributed by atoms with Crippen LogP contribution < -0.4 is 10.1 Å². The van der Waals surface area contributed by atoms with Crippen molar-refractivity contribution < 1.29 is 14.3 Å². The molecule has 1 aliphatic heterocycles. The Hall–Kier alpha value is -4.39. The normalized spacial score (nSPS) is 16.8. The molecule has 0 saturated heterocycles. The van der Waals surface area contributed by atoms with Gasteiger partial charge >= 0.3 is 0 Å². The number of benzene rings is 3. The van der Waals surface area contributed by atoms with Crippen LogP contribution in [0.25, 0.3) is 11.3 Å². The van der Waals surface area contributed by atoms with Crippen LogP contribution in [0.2, 0.25) is 0 Å². The highest BCUT2D eigenvalue weighted by Gasteiger charge is 2.48. The quantitative estimate of drug-likeness (QED) is 0.408. The molecule has 7 nitrogen and oxygen atoms in total. The second-order valence-corrected chi connectivity index (χ2v) is 9.58. The van der Waals surface area contributed by atoms with Gasteiger partial charge in [-0.25, -0.2) is 0 Å². The van der Waals surface area contributed by atoms with Gasteiger partial charge in [0, 0.05) is 24.2 Å². The van der Waals surface area contributed by atoms with Crippen molar-refractivity contribution in [1.29, 1.82) is 0 Å². The summed E-state index contributed by atoms with van der Waals surface area (Å²) in [6, 6.07) is 27.1. The van der Waals surface area contributed by atoms with Crippen LogP contribution in [0.5, 0.6) is 5.75 Å².